The summed E-state index contributed by atoms with van der Waals surface area (Å²) in [5, 5.41) is 0.843. The maximum Gasteiger partial charge on any atom is 0.261 e. The van der Waals surface area contributed by atoms with E-state index in [2.05, 4.69) is 4.98 Å². The van der Waals surface area contributed by atoms with Crippen LogP contribution in [0.5, 0.6) is 0 Å². The van der Waals surface area contributed by atoms with E-state index in [0.717, 1.165) is 0 Å². The molecule has 8 heteroatoms. The molecule has 0 unspecified atom stereocenters. The van der Waals surface area contributed by atoms with Crippen LogP contribution in [0.15, 0.2) is 58.2 Å². The van der Waals surface area contributed by atoms with Crippen molar-refractivity contribution in [3.05, 3.63) is 69.7 Å². The summed E-state index contributed by atoms with van der Waals surface area (Å²) < 4.78 is 29.0. The Bertz CT molecular complexity index is 1220. The second-order valence-corrected chi connectivity index (χ2v) is 9.68. The normalized spacial score (nSPS) is 16.3. The van der Waals surface area contributed by atoms with Crippen LogP contribution in [0.2, 0.25) is 5.02 Å². The molecular weight excluding hydrogens is 410 g/mol. The van der Waals surface area contributed by atoms with Crippen LogP contribution < -0.4 is 5.56 Å². The van der Waals surface area contributed by atoms with Crippen molar-refractivity contribution in [3.63, 3.8) is 0 Å². The lowest BCUT2D eigenvalue weighted by Crippen LogP contribution is -2.40. The Morgan fingerprint density at radius 1 is 1.07 bits per heavy atom. The van der Waals surface area contributed by atoms with E-state index in [-0.39, 0.29) is 21.4 Å². The van der Waals surface area contributed by atoms with Crippen molar-refractivity contribution < 1.29 is 8.42 Å². The van der Waals surface area contributed by atoms with Crippen LogP contribution >= 0.6 is 11.6 Å². The highest BCUT2D eigenvalue weighted by atomic mass is 35.5. The highest BCUT2D eigenvalue weighted by Crippen LogP contribution is 2.28. The van der Waals surface area contributed by atoms with Crippen LogP contribution in [0.25, 0.3) is 10.9 Å². The molecule has 0 amide bonds. The third-order valence-electron chi connectivity index (χ3n) is 5.52. The van der Waals surface area contributed by atoms with E-state index in [1.165, 1.54) is 10.4 Å². The minimum Gasteiger partial charge on any atom is -0.296 e. The Balaban J connectivity index is 1.51. The molecule has 2 aromatic carbocycles. The maximum atomic E-state index is 12.9. The van der Waals surface area contributed by atoms with Gasteiger partial charge >= 0.3 is 0 Å². The van der Waals surface area contributed by atoms with Gasteiger partial charge in [0.05, 0.1) is 15.9 Å². The molecule has 0 saturated carbocycles. The number of aryl methyl sites for hydroxylation is 1. The Hall–Kier alpha value is -2.22. The van der Waals surface area contributed by atoms with Gasteiger partial charge < -0.3 is 0 Å². The van der Waals surface area contributed by atoms with Crippen LogP contribution in [0.4, 0.5) is 0 Å². The minimum atomic E-state index is -3.61. The molecule has 29 heavy (non-hydrogen) atoms. The van der Waals surface area contributed by atoms with Gasteiger partial charge in [0.2, 0.25) is 10.0 Å². The van der Waals surface area contributed by atoms with E-state index >= 15 is 0 Å². The molecule has 2 heterocycles. The molecule has 6 nitrogen and oxygen atoms in total. The molecule has 152 valence electrons. The molecule has 0 atom stereocenters. The average molecular weight is 432 g/mol. The molecule has 1 aliphatic heterocycles. The topological polar surface area (TPSA) is 72.3 Å². The largest absolute Gasteiger partial charge is 0.296 e. The van der Waals surface area contributed by atoms with Gasteiger partial charge in [0.25, 0.3) is 5.56 Å². The van der Waals surface area contributed by atoms with Crippen molar-refractivity contribution in [2.45, 2.75) is 31.2 Å². The fourth-order valence-electron chi connectivity index (χ4n) is 3.88. The molecule has 3 aromatic rings. The van der Waals surface area contributed by atoms with Crippen LogP contribution in [0, 0.1) is 12.8 Å². The van der Waals surface area contributed by atoms with Gasteiger partial charge in [-0.25, -0.2) is 13.4 Å². The number of benzene rings is 2. The third-order valence-corrected chi connectivity index (χ3v) is 7.92. The van der Waals surface area contributed by atoms with Crippen molar-refractivity contribution in [1.82, 2.24) is 13.9 Å². The molecule has 0 bridgehead atoms. The number of rotatable bonds is 4. The summed E-state index contributed by atoms with van der Waals surface area (Å²) in [4.78, 5) is 17.6. The number of nitrogens with zero attached hydrogens (tertiary/aromatic N) is 3. The molecule has 0 N–H and O–H groups in total. The standard InChI is InChI=1S/C21H22ClN3O3S/c1-15-23-19-8-4-2-6-17(19)21(26)25(15)14-16-10-12-24(13-11-16)29(27,28)20-9-5-3-7-18(20)22/h2-9,16H,10-14H2,1H3. The van der Waals surface area contributed by atoms with E-state index in [1.54, 1.807) is 28.8 Å². The van der Waals surface area contributed by atoms with Gasteiger partial charge in [-0.3, -0.25) is 9.36 Å². The molecule has 4 rings (SSSR count). The van der Waals surface area contributed by atoms with Gasteiger partial charge in [0, 0.05) is 19.6 Å². The van der Waals surface area contributed by atoms with Gasteiger partial charge in [0.15, 0.2) is 0 Å². The van der Waals surface area contributed by atoms with Crippen molar-refractivity contribution in [3.8, 4) is 0 Å². The molecule has 1 aliphatic rings. The Morgan fingerprint density at radius 3 is 2.45 bits per heavy atom. The molecule has 0 radical (unpaired) electrons. The van der Waals surface area contributed by atoms with Crippen LogP contribution in [-0.4, -0.2) is 35.4 Å². The SMILES string of the molecule is Cc1nc2ccccc2c(=O)n1CC1CCN(S(=O)(=O)c2ccccc2Cl)CC1. The zero-order valence-electron chi connectivity index (χ0n) is 16.1. The molecule has 1 fully saturated rings. The molecule has 0 spiro atoms. The summed E-state index contributed by atoms with van der Waals surface area (Å²) >= 11 is 6.10. The smallest absolute Gasteiger partial charge is 0.261 e. The van der Waals surface area contributed by atoms with Gasteiger partial charge in [-0.2, -0.15) is 4.31 Å². The van der Waals surface area contributed by atoms with E-state index in [9.17, 15) is 13.2 Å². The summed E-state index contributed by atoms with van der Waals surface area (Å²) in [6, 6.07) is 13.8. The maximum absolute atomic E-state index is 12.9. The van der Waals surface area contributed by atoms with E-state index in [1.807, 2.05) is 25.1 Å². The zero-order chi connectivity index (χ0) is 20.6. The third kappa shape index (κ3) is 3.82. The number of piperidine rings is 1. The van der Waals surface area contributed by atoms with Gasteiger partial charge in [-0.1, -0.05) is 35.9 Å². The summed E-state index contributed by atoms with van der Waals surface area (Å²) in [7, 11) is -3.61. The lowest BCUT2D eigenvalue weighted by atomic mass is 9.98. The fourth-order valence-corrected chi connectivity index (χ4v) is 5.84. The number of hydrogen-bond acceptors (Lipinski definition) is 4. The van der Waals surface area contributed by atoms with Gasteiger partial charge in [-0.05, 0) is 49.9 Å². The van der Waals surface area contributed by atoms with Crippen LogP contribution in [0.3, 0.4) is 0 Å². The Kier molecular flexibility index (Phi) is 5.46. The predicted molar refractivity (Wildman–Crippen MR) is 114 cm³/mol. The summed E-state index contributed by atoms with van der Waals surface area (Å²) in [5.74, 6) is 0.895. The Morgan fingerprint density at radius 2 is 1.72 bits per heavy atom. The second-order valence-electron chi connectivity index (χ2n) is 7.37. The summed E-state index contributed by atoms with van der Waals surface area (Å²) in [6.45, 7) is 3.20. The van der Waals surface area contributed by atoms with Crippen molar-refractivity contribution in [1.29, 1.82) is 0 Å². The van der Waals surface area contributed by atoms with E-state index in [4.69, 9.17) is 11.6 Å². The molecule has 1 aromatic heterocycles. The van der Waals surface area contributed by atoms with Gasteiger partial charge in [0.1, 0.15) is 10.7 Å². The minimum absolute atomic E-state index is 0.0424. The van der Waals surface area contributed by atoms with Crippen LogP contribution in [-0.2, 0) is 16.6 Å². The second kappa shape index (κ2) is 7.89. The number of aromatic nitrogens is 2. The first-order chi connectivity index (χ1) is 13.9. The zero-order valence-corrected chi connectivity index (χ0v) is 17.7. The highest BCUT2D eigenvalue weighted by Gasteiger charge is 2.31. The Labute approximate surface area is 174 Å². The quantitative estimate of drug-likeness (QED) is 0.634. The molecule has 1 saturated heterocycles. The van der Waals surface area contributed by atoms with Crippen molar-refractivity contribution in [2.75, 3.05) is 13.1 Å². The first kappa shape index (κ1) is 20.1. The first-order valence-corrected chi connectivity index (χ1v) is 11.4. The van der Waals surface area contributed by atoms with Crippen molar-refractivity contribution >= 4 is 32.5 Å². The highest BCUT2D eigenvalue weighted by molar-refractivity contribution is 7.89. The average Bonchev–Trinajstić information content (AvgIpc) is 2.72. The fraction of sp³-hybridized carbons (Fsp3) is 0.333. The lowest BCUT2D eigenvalue weighted by molar-refractivity contribution is 0.250. The number of halogens is 1. The monoisotopic (exact) mass is 431 g/mol. The summed E-state index contributed by atoms with van der Waals surface area (Å²) in [5.41, 5.74) is 0.658. The van der Waals surface area contributed by atoms with Gasteiger partial charge in [-0.15, -0.1) is 0 Å². The number of sulfonamides is 1. The van der Waals surface area contributed by atoms with E-state index < -0.39 is 10.0 Å². The number of hydrogen-bond donors (Lipinski definition) is 0. The predicted octanol–water partition coefficient (Wildman–Crippen LogP) is 3.46. The van der Waals surface area contributed by atoms with E-state index in [0.29, 0.717) is 49.2 Å². The summed E-state index contributed by atoms with van der Waals surface area (Å²) in [6.07, 6.45) is 1.37. The van der Waals surface area contributed by atoms with Crippen molar-refractivity contribution in [2.24, 2.45) is 5.92 Å². The van der Waals surface area contributed by atoms with Crippen LogP contribution in [0.1, 0.15) is 18.7 Å². The number of para-hydroxylation sites is 1. The lowest BCUT2D eigenvalue weighted by Gasteiger charge is -2.31. The molecule has 0 aliphatic carbocycles. The molecular formula is C21H22ClN3O3S. The first-order valence-electron chi connectivity index (χ1n) is 9.59. The number of fused-ring (bicyclic) bond motifs is 1.